The molecule has 19 heavy (non-hydrogen) atoms. The average Bonchev–Trinajstić information content (AvgIpc) is 2.85. The first-order valence-electron chi connectivity index (χ1n) is 7.40. The number of halogens is 1. The molecule has 1 heterocycles. The van der Waals surface area contributed by atoms with E-state index in [4.69, 9.17) is 0 Å². The monoisotopic (exact) mass is 370 g/mol. The molecule has 1 aromatic rings. The minimum Gasteiger partial charge on any atom is -0.308 e. The van der Waals surface area contributed by atoms with Gasteiger partial charge in [-0.2, -0.15) is 0 Å². The van der Waals surface area contributed by atoms with Gasteiger partial charge in [-0.25, -0.2) is 0 Å². The van der Waals surface area contributed by atoms with Crippen molar-refractivity contribution in [3.63, 3.8) is 0 Å². The highest BCUT2D eigenvalue weighted by atomic mass is 127. The van der Waals surface area contributed by atoms with Gasteiger partial charge < -0.3 is 5.32 Å². The summed E-state index contributed by atoms with van der Waals surface area (Å²) in [5.74, 6) is 0. The zero-order valence-electron chi connectivity index (χ0n) is 11.7. The van der Waals surface area contributed by atoms with Crippen molar-refractivity contribution >= 4 is 22.6 Å². The third-order valence-corrected chi connectivity index (χ3v) is 5.48. The van der Waals surface area contributed by atoms with Crippen LogP contribution in [0.5, 0.6) is 0 Å². The van der Waals surface area contributed by atoms with Crippen molar-refractivity contribution in [3.05, 3.63) is 33.4 Å². The third kappa shape index (κ3) is 3.14. The van der Waals surface area contributed by atoms with Crippen molar-refractivity contribution in [1.29, 1.82) is 0 Å². The molecule has 1 saturated carbocycles. The fourth-order valence-corrected chi connectivity index (χ4v) is 3.88. The molecule has 1 aliphatic heterocycles. The van der Waals surface area contributed by atoms with Gasteiger partial charge in [-0.15, -0.1) is 0 Å². The highest BCUT2D eigenvalue weighted by molar-refractivity contribution is 14.1. The Morgan fingerprint density at radius 1 is 1.26 bits per heavy atom. The molecule has 3 rings (SSSR count). The standard InChI is InChI=1S/C16H23IN2/c1-13-10-18-16(8-2-3-9-16)12-19(13)11-14-4-6-15(17)7-5-14/h4-7,13,18H,2-3,8-12H2,1H3. The van der Waals surface area contributed by atoms with Crippen LogP contribution in [0.4, 0.5) is 0 Å². The molecule has 1 unspecified atom stereocenters. The van der Waals surface area contributed by atoms with Crippen molar-refractivity contribution in [3.8, 4) is 0 Å². The fraction of sp³-hybridized carbons (Fsp3) is 0.625. The smallest absolute Gasteiger partial charge is 0.0309 e. The van der Waals surface area contributed by atoms with E-state index in [1.54, 1.807) is 0 Å². The first-order valence-corrected chi connectivity index (χ1v) is 8.48. The SMILES string of the molecule is CC1CNC2(CCCC2)CN1Cc1ccc(I)cc1. The molecule has 3 heteroatoms. The molecule has 1 aromatic carbocycles. The van der Waals surface area contributed by atoms with Gasteiger partial charge in [0, 0.05) is 34.8 Å². The quantitative estimate of drug-likeness (QED) is 0.803. The van der Waals surface area contributed by atoms with Crippen molar-refractivity contribution in [2.45, 2.75) is 50.7 Å². The molecule has 1 aliphatic carbocycles. The summed E-state index contributed by atoms with van der Waals surface area (Å²) in [5.41, 5.74) is 1.87. The van der Waals surface area contributed by atoms with Gasteiger partial charge in [0.2, 0.25) is 0 Å². The van der Waals surface area contributed by atoms with Crippen LogP contribution in [-0.4, -0.2) is 29.6 Å². The van der Waals surface area contributed by atoms with Gasteiger partial charge in [0.15, 0.2) is 0 Å². The third-order valence-electron chi connectivity index (χ3n) is 4.76. The molecule has 0 amide bonds. The van der Waals surface area contributed by atoms with Crippen LogP contribution in [0.25, 0.3) is 0 Å². The molecule has 1 saturated heterocycles. The van der Waals surface area contributed by atoms with E-state index in [-0.39, 0.29) is 0 Å². The molecule has 0 radical (unpaired) electrons. The molecular formula is C16H23IN2. The van der Waals surface area contributed by atoms with E-state index in [0.29, 0.717) is 11.6 Å². The number of benzene rings is 1. The Balaban J connectivity index is 1.69. The minimum atomic E-state index is 0.426. The van der Waals surface area contributed by atoms with Crippen LogP contribution in [0.15, 0.2) is 24.3 Å². The van der Waals surface area contributed by atoms with Gasteiger partial charge in [-0.3, -0.25) is 4.90 Å². The molecule has 1 atom stereocenters. The number of nitrogens with zero attached hydrogens (tertiary/aromatic N) is 1. The van der Waals surface area contributed by atoms with E-state index < -0.39 is 0 Å². The molecule has 2 nitrogen and oxygen atoms in total. The number of hydrogen-bond donors (Lipinski definition) is 1. The summed E-state index contributed by atoms with van der Waals surface area (Å²) in [5, 5.41) is 3.83. The predicted octanol–water partition coefficient (Wildman–Crippen LogP) is 3.40. The summed E-state index contributed by atoms with van der Waals surface area (Å²) in [6.45, 7) is 5.81. The Bertz CT molecular complexity index is 423. The van der Waals surface area contributed by atoms with Crippen molar-refractivity contribution in [2.75, 3.05) is 13.1 Å². The van der Waals surface area contributed by atoms with Crippen molar-refractivity contribution in [2.24, 2.45) is 0 Å². The maximum Gasteiger partial charge on any atom is 0.0309 e. The highest BCUT2D eigenvalue weighted by Crippen LogP contribution is 2.33. The molecule has 1 spiro atoms. The molecule has 2 aliphatic rings. The van der Waals surface area contributed by atoms with Crippen molar-refractivity contribution in [1.82, 2.24) is 10.2 Å². The van der Waals surface area contributed by atoms with Gasteiger partial charge in [0.25, 0.3) is 0 Å². The lowest BCUT2D eigenvalue weighted by Gasteiger charge is -2.45. The predicted molar refractivity (Wildman–Crippen MR) is 88.2 cm³/mol. The van der Waals surface area contributed by atoms with E-state index in [1.807, 2.05) is 0 Å². The summed E-state index contributed by atoms with van der Waals surface area (Å²) in [4.78, 5) is 2.67. The van der Waals surface area contributed by atoms with Crippen LogP contribution >= 0.6 is 22.6 Å². The normalized spacial score (nSPS) is 26.9. The number of hydrogen-bond acceptors (Lipinski definition) is 2. The van der Waals surface area contributed by atoms with Gasteiger partial charge in [-0.05, 0) is 60.1 Å². The topological polar surface area (TPSA) is 15.3 Å². The molecule has 104 valence electrons. The van der Waals surface area contributed by atoms with E-state index in [0.717, 1.165) is 13.1 Å². The Morgan fingerprint density at radius 2 is 1.95 bits per heavy atom. The van der Waals surface area contributed by atoms with Crippen LogP contribution in [0, 0.1) is 3.57 Å². The van der Waals surface area contributed by atoms with Crippen LogP contribution < -0.4 is 5.32 Å². The maximum atomic E-state index is 3.83. The van der Waals surface area contributed by atoms with E-state index in [2.05, 4.69) is 64.0 Å². The molecule has 0 aromatic heterocycles. The second-order valence-electron chi connectivity index (χ2n) is 6.25. The summed E-state index contributed by atoms with van der Waals surface area (Å²) >= 11 is 2.37. The lowest BCUT2D eigenvalue weighted by atomic mass is 9.92. The number of rotatable bonds is 2. The van der Waals surface area contributed by atoms with E-state index >= 15 is 0 Å². The molecular weight excluding hydrogens is 347 g/mol. The van der Waals surface area contributed by atoms with Crippen LogP contribution in [0.2, 0.25) is 0 Å². The summed E-state index contributed by atoms with van der Waals surface area (Å²) in [6, 6.07) is 9.63. The first kappa shape index (κ1) is 13.8. The van der Waals surface area contributed by atoms with Crippen LogP contribution in [-0.2, 0) is 6.54 Å². The summed E-state index contributed by atoms with van der Waals surface area (Å²) < 4.78 is 1.32. The Kier molecular flexibility index (Phi) is 4.15. The Labute approximate surface area is 130 Å². The Hall–Kier alpha value is -0.130. The van der Waals surface area contributed by atoms with Crippen molar-refractivity contribution < 1.29 is 0 Å². The van der Waals surface area contributed by atoms with Gasteiger partial charge >= 0.3 is 0 Å². The number of piperazine rings is 1. The molecule has 2 fully saturated rings. The fourth-order valence-electron chi connectivity index (χ4n) is 3.52. The first-order chi connectivity index (χ1) is 9.17. The van der Waals surface area contributed by atoms with Gasteiger partial charge in [0.05, 0.1) is 0 Å². The second-order valence-corrected chi connectivity index (χ2v) is 7.49. The van der Waals surface area contributed by atoms with Gasteiger partial charge in [0.1, 0.15) is 0 Å². The van der Waals surface area contributed by atoms with E-state index in [1.165, 1.54) is 41.4 Å². The van der Waals surface area contributed by atoms with Crippen LogP contribution in [0.1, 0.15) is 38.2 Å². The Morgan fingerprint density at radius 3 is 2.63 bits per heavy atom. The lowest BCUT2D eigenvalue weighted by molar-refractivity contribution is 0.0827. The van der Waals surface area contributed by atoms with Crippen LogP contribution in [0.3, 0.4) is 0 Å². The zero-order chi connectivity index (χ0) is 13.3. The zero-order valence-corrected chi connectivity index (χ0v) is 13.8. The maximum absolute atomic E-state index is 3.83. The average molecular weight is 370 g/mol. The van der Waals surface area contributed by atoms with E-state index in [9.17, 15) is 0 Å². The van der Waals surface area contributed by atoms with Gasteiger partial charge in [-0.1, -0.05) is 25.0 Å². The largest absolute Gasteiger partial charge is 0.308 e. The molecule has 1 N–H and O–H groups in total. The second kappa shape index (κ2) is 5.70. The molecule has 0 bridgehead atoms. The summed E-state index contributed by atoms with van der Waals surface area (Å²) in [7, 11) is 0. The lowest BCUT2D eigenvalue weighted by Crippen LogP contribution is -2.62. The number of nitrogens with one attached hydrogen (secondary N) is 1. The highest BCUT2D eigenvalue weighted by Gasteiger charge is 2.39. The minimum absolute atomic E-state index is 0.426. The summed E-state index contributed by atoms with van der Waals surface area (Å²) in [6.07, 6.45) is 5.53.